The van der Waals surface area contributed by atoms with Gasteiger partial charge in [0, 0.05) is 18.0 Å². The zero-order chi connectivity index (χ0) is 17.4. The molecular formula is C18H19N3O3. The van der Waals surface area contributed by atoms with E-state index >= 15 is 0 Å². The molecule has 6 heteroatoms. The lowest BCUT2D eigenvalue weighted by atomic mass is 10.1. The van der Waals surface area contributed by atoms with Crippen LogP contribution in [0.2, 0.25) is 0 Å². The van der Waals surface area contributed by atoms with Crippen molar-refractivity contribution in [2.45, 2.75) is 13.3 Å². The standard InChI is InChI=1S/C18H19N3O3/c1-3-6-14-9-13(10-16(17(14)22)24-4-2)11-20-21-18(23)15-7-5-8-19-12-15/h3,5,7-12,22H,1,4,6H2,2H3,(H,21,23)/b20-11-. The number of ether oxygens (including phenoxy) is 1. The molecule has 0 aliphatic carbocycles. The van der Waals surface area contributed by atoms with E-state index in [9.17, 15) is 9.90 Å². The van der Waals surface area contributed by atoms with E-state index in [0.717, 1.165) is 0 Å². The Kier molecular flexibility index (Phi) is 6.08. The van der Waals surface area contributed by atoms with Gasteiger partial charge in [0.1, 0.15) is 0 Å². The molecule has 1 aromatic heterocycles. The predicted molar refractivity (Wildman–Crippen MR) is 92.5 cm³/mol. The van der Waals surface area contributed by atoms with Crippen LogP contribution in [-0.4, -0.2) is 28.8 Å². The van der Waals surface area contributed by atoms with Gasteiger partial charge < -0.3 is 9.84 Å². The number of carbonyl (C=O) groups excluding carboxylic acids is 1. The minimum atomic E-state index is -0.352. The monoisotopic (exact) mass is 325 g/mol. The molecule has 0 atom stereocenters. The summed E-state index contributed by atoms with van der Waals surface area (Å²) in [4.78, 5) is 15.8. The fourth-order valence-corrected chi connectivity index (χ4v) is 2.07. The summed E-state index contributed by atoms with van der Waals surface area (Å²) < 4.78 is 5.42. The summed E-state index contributed by atoms with van der Waals surface area (Å²) in [6.07, 6.45) is 6.72. The van der Waals surface area contributed by atoms with Crippen molar-refractivity contribution in [1.82, 2.24) is 10.4 Å². The molecule has 2 rings (SSSR count). The summed E-state index contributed by atoms with van der Waals surface area (Å²) in [7, 11) is 0. The highest BCUT2D eigenvalue weighted by Crippen LogP contribution is 2.31. The molecule has 0 saturated heterocycles. The number of carbonyl (C=O) groups is 1. The Morgan fingerprint density at radius 2 is 2.33 bits per heavy atom. The first-order valence-electron chi connectivity index (χ1n) is 7.48. The molecule has 1 aromatic carbocycles. The van der Waals surface area contributed by atoms with Crippen LogP contribution in [0.4, 0.5) is 0 Å². The van der Waals surface area contributed by atoms with Gasteiger partial charge in [0.15, 0.2) is 11.5 Å². The maximum absolute atomic E-state index is 11.9. The Labute approximate surface area is 140 Å². The van der Waals surface area contributed by atoms with Gasteiger partial charge in [-0.1, -0.05) is 6.08 Å². The maximum Gasteiger partial charge on any atom is 0.272 e. The summed E-state index contributed by atoms with van der Waals surface area (Å²) in [5, 5.41) is 14.1. The Hall–Kier alpha value is -3.15. The Balaban J connectivity index is 2.16. The van der Waals surface area contributed by atoms with Crippen LogP contribution in [0, 0.1) is 0 Å². The van der Waals surface area contributed by atoms with Crippen molar-refractivity contribution in [2.24, 2.45) is 5.10 Å². The number of hydrogen-bond acceptors (Lipinski definition) is 5. The molecule has 0 aliphatic heterocycles. The van der Waals surface area contributed by atoms with Gasteiger partial charge in [-0.3, -0.25) is 9.78 Å². The zero-order valence-electron chi connectivity index (χ0n) is 13.4. The van der Waals surface area contributed by atoms with E-state index in [0.29, 0.717) is 35.5 Å². The molecule has 2 aromatic rings. The number of nitrogens with one attached hydrogen (secondary N) is 1. The highest BCUT2D eigenvalue weighted by Gasteiger charge is 2.09. The van der Waals surface area contributed by atoms with Crippen molar-refractivity contribution in [3.8, 4) is 11.5 Å². The number of phenolic OH excluding ortho intramolecular Hbond substituents is 1. The number of allylic oxidation sites excluding steroid dienone is 1. The Morgan fingerprint density at radius 3 is 3.00 bits per heavy atom. The SMILES string of the molecule is C=CCc1cc(/C=N\NC(=O)c2cccnc2)cc(OCC)c1O. The van der Waals surface area contributed by atoms with Gasteiger partial charge in [-0.2, -0.15) is 5.10 Å². The first kappa shape index (κ1) is 17.2. The molecule has 6 nitrogen and oxygen atoms in total. The number of aromatic hydroxyl groups is 1. The first-order chi connectivity index (χ1) is 11.7. The quantitative estimate of drug-likeness (QED) is 0.466. The molecule has 1 amide bonds. The van der Waals surface area contributed by atoms with Crippen LogP contribution in [0.5, 0.6) is 11.5 Å². The van der Waals surface area contributed by atoms with Gasteiger partial charge in [-0.05, 0) is 43.2 Å². The van der Waals surface area contributed by atoms with Crippen molar-refractivity contribution in [2.75, 3.05) is 6.61 Å². The average Bonchev–Trinajstić information content (AvgIpc) is 2.60. The number of amides is 1. The summed E-state index contributed by atoms with van der Waals surface area (Å²) >= 11 is 0. The van der Waals surface area contributed by atoms with E-state index in [1.807, 2.05) is 6.92 Å². The van der Waals surface area contributed by atoms with E-state index in [-0.39, 0.29) is 11.7 Å². The van der Waals surface area contributed by atoms with Crippen LogP contribution in [0.3, 0.4) is 0 Å². The lowest BCUT2D eigenvalue weighted by molar-refractivity contribution is 0.0955. The van der Waals surface area contributed by atoms with Gasteiger partial charge >= 0.3 is 0 Å². The fourth-order valence-electron chi connectivity index (χ4n) is 2.07. The number of nitrogens with zero attached hydrogens (tertiary/aromatic N) is 2. The molecule has 0 radical (unpaired) electrons. The fraction of sp³-hybridized carbons (Fsp3) is 0.167. The number of benzene rings is 1. The second-order valence-corrected chi connectivity index (χ2v) is 4.89. The number of aromatic nitrogens is 1. The van der Waals surface area contributed by atoms with Crippen LogP contribution in [-0.2, 0) is 6.42 Å². The minimum Gasteiger partial charge on any atom is -0.504 e. The van der Waals surface area contributed by atoms with Crippen molar-refractivity contribution >= 4 is 12.1 Å². The smallest absolute Gasteiger partial charge is 0.272 e. The van der Waals surface area contributed by atoms with Gasteiger partial charge in [-0.25, -0.2) is 5.43 Å². The summed E-state index contributed by atoms with van der Waals surface area (Å²) in [5.74, 6) is 0.111. The van der Waals surface area contributed by atoms with Gasteiger partial charge in [0.2, 0.25) is 0 Å². The zero-order valence-corrected chi connectivity index (χ0v) is 13.4. The predicted octanol–water partition coefficient (Wildman–Crippen LogP) is 2.68. The largest absolute Gasteiger partial charge is 0.504 e. The number of hydrazone groups is 1. The summed E-state index contributed by atoms with van der Waals surface area (Å²) in [6, 6.07) is 6.74. The van der Waals surface area contributed by atoms with Crippen LogP contribution >= 0.6 is 0 Å². The van der Waals surface area contributed by atoms with Crippen LogP contribution in [0.1, 0.15) is 28.4 Å². The third-order valence-corrected chi connectivity index (χ3v) is 3.14. The molecule has 2 N–H and O–H groups in total. The molecule has 0 fully saturated rings. The lowest BCUT2D eigenvalue weighted by Gasteiger charge is -2.10. The van der Waals surface area contributed by atoms with E-state index in [1.54, 1.807) is 36.5 Å². The Bertz CT molecular complexity index is 743. The molecule has 0 aliphatic rings. The van der Waals surface area contributed by atoms with Crippen LogP contribution in [0.15, 0.2) is 54.4 Å². The molecular weight excluding hydrogens is 306 g/mol. The van der Waals surface area contributed by atoms with Crippen molar-refractivity contribution in [3.05, 3.63) is 66.0 Å². The maximum atomic E-state index is 11.9. The molecule has 24 heavy (non-hydrogen) atoms. The number of hydrogen-bond donors (Lipinski definition) is 2. The van der Waals surface area contributed by atoms with Gasteiger partial charge in [0.05, 0.1) is 18.4 Å². The van der Waals surface area contributed by atoms with E-state index in [2.05, 4.69) is 22.1 Å². The molecule has 0 saturated carbocycles. The summed E-state index contributed by atoms with van der Waals surface area (Å²) in [5.41, 5.74) is 4.22. The first-order valence-corrected chi connectivity index (χ1v) is 7.48. The molecule has 124 valence electrons. The van der Waals surface area contributed by atoms with Gasteiger partial charge in [-0.15, -0.1) is 6.58 Å². The normalized spacial score (nSPS) is 10.5. The van der Waals surface area contributed by atoms with Crippen molar-refractivity contribution in [3.63, 3.8) is 0 Å². The lowest BCUT2D eigenvalue weighted by Crippen LogP contribution is -2.17. The number of phenols is 1. The third-order valence-electron chi connectivity index (χ3n) is 3.14. The second kappa shape index (κ2) is 8.47. The Morgan fingerprint density at radius 1 is 1.50 bits per heavy atom. The molecule has 0 unspecified atom stereocenters. The topological polar surface area (TPSA) is 83.8 Å². The number of rotatable bonds is 7. The highest BCUT2D eigenvalue weighted by molar-refractivity contribution is 5.94. The second-order valence-electron chi connectivity index (χ2n) is 4.89. The molecule has 1 heterocycles. The minimum absolute atomic E-state index is 0.0910. The van der Waals surface area contributed by atoms with Crippen molar-refractivity contribution in [1.29, 1.82) is 0 Å². The molecule has 0 spiro atoms. The van der Waals surface area contributed by atoms with Crippen LogP contribution < -0.4 is 10.2 Å². The van der Waals surface area contributed by atoms with Gasteiger partial charge in [0.25, 0.3) is 5.91 Å². The van der Waals surface area contributed by atoms with E-state index in [4.69, 9.17) is 4.74 Å². The number of pyridine rings is 1. The van der Waals surface area contributed by atoms with E-state index < -0.39 is 0 Å². The van der Waals surface area contributed by atoms with Crippen LogP contribution in [0.25, 0.3) is 0 Å². The summed E-state index contributed by atoms with van der Waals surface area (Å²) in [6.45, 7) is 5.94. The molecule has 0 bridgehead atoms. The average molecular weight is 325 g/mol. The highest BCUT2D eigenvalue weighted by atomic mass is 16.5. The van der Waals surface area contributed by atoms with E-state index in [1.165, 1.54) is 12.4 Å². The van der Waals surface area contributed by atoms with Crippen molar-refractivity contribution < 1.29 is 14.6 Å². The third kappa shape index (κ3) is 4.42.